The quantitative estimate of drug-likeness (QED) is 0.529. The number of hydrogen-bond donors (Lipinski definition) is 0. The zero-order valence-corrected chi connectivity index (χ0v) is 5.25. The average molecular weight is 130 g/mol. The molecule has 2 heteroatoms. The van der Waals surface area contributed by atoms with Gasteiger partial charge in [-0.05, 0) is 6.08 Å². The van der Waals surface area contributed by atoms with E-state index in [-0.39, 0.29) is 12.1 Å². The molecule has 0 nitrogen and oxygen atoms in total. The van der Waals surface area contributed by atoms with E-state index in [2.05, 4.69) is 13.2 Å². The number of hydrogen-bond acceptors (Lipinski definition) is 1. The van der Waals surface area contributed by atoms with Crippen LogP contribution in [-0.2, 0) is 0 Å². The number of allylic oxidation sites excluding steroid dienone is 3. The van der Waals surface area contributed by atoms with Crippen molar-refractivity contribution in [1.29, 1.82) is 0 Å². The fourth-order valence-corrected chi connectivity index (χ4v) is 0.452. The van der Waals surface area contributed by atoms with Gasteiger partial charge >= 0.3 is 0 Å². The van der Waals surface area contributed by atoms with Crippen LogP contribution in [0.15, 0.2) is 36.3 Å². The molecule has 0 radical (unpaired) electrons. The van der Waals surface area contributed by atoms with Crippen LogP contribution >= 0.6 is 12.1 Å². The van der Waals surface area contributed by atoms with E-state index in [4.69, 9.17) is 0 Å². The Balaban J connectivity index is 3.84. The summed E-state index contributed by atoms with van der Waals surface area (Å²) >= 11 is 0.166. The molecule has 8 heavy (non-hydrogen) atoms. The smallest absolute Gasteiger partial charge is 0.0811 e. The first-order valence-corrected chi connectivity index (χ1v) is 2.80. The lowest BCUT2D eigenvalue weighted by Crippen LogP contribution is -1.58. The number of halogens is 1. The largest absolute Gasteiger partial charge is 0.160 e. The van der Waals surface area contributed by atoms with E-state index in [1.54, 1.807) is 6.08 Å². The molecule has 0 atom stereocenters. The Hall–Kier alpha value is -0.500. The van der Waals surface area contributed by atoms with Gasteiger partial charge in [0.15, 0.2) is 0 Å². The summed E-state index contributed by atoms with van der Waals surface area (Å²) in [4.78, 5) is 0.486. The lowest BCUT2D eigenvalue weighted by atomic mass is 10.5. The molecule has 0 aromatic rings. The second-order valence-corrected chi connectivity index (χ2v) is 1.71. The molecule has 0 aliphatic heterocycles. The van der Waals surface area contributed by atoms with Crippen molar-refractivity contribution < 1.29 is 3.89 Å². The van der Waals surface area contributed by atoms with Gasteiger partial charge in [-0.2, -0.15) is 3.89 Å². The first kappa shape index (κ1) is 7.50. The minimum Gasteiger partial charge on any atom is -0.160 e. The third-order valence-electron chi connectivity index (χ3n) is 0.572. The van der Waals surface area contributed by atoms with Crippen LogP contribution in [0.5, 0.6) is 0 Å². The molecule has 0 aromatic carbocycles. The summed E-state index contributed by atoms with van der Waals surface area (Å²) in [6.07, 6.45) is 4.51. The van der Waals surface area contributed by atoms with Gasteiger partial charge in [0.05, 0.1) is 12.1 Å². The van der Waals surface area contributed by atoms with Gasteiger partial charge < -0.3 is 0 Å². The molecule has 0 fully saturated rings. The van der Waals surface area contributed by atoms with Crippen LogP contribution in [-0.4, -0.2) is 0 Å². The molecular formula is C6H7FS. The second-order valence-electron chi connectivity index (χ2n) is 1.09. The number of rotatable bonds is 3. The SMILES string of the molecule is C=C/C=C(\C=C)SF. The van der Waals surface area contributed by atoms with Crippen molar-refractivity contribution in [2.24, 2.45) is 0 Å². The van der Waals surface area contributed by atoms with Crippen LogP contribution in [0, 0.1) is 0 Å². The highest BCUT2D eigenvalue weighted by molar-refractivity contribution is 7.98. The van der Waals surface area contributed by atoms with Crippen molar-refractivity contribution >= 4 is 12.1 Å². The average Bonchev–Trinajstić information content (AvgIpc) is 1.83. The van der Waals surface area contributed by atoms with Gasteiger partial charge in [-0.1, -0.05) is 25.3 Å². The lowest BCUT2D eigenvalue weighted by molar-refractivity contribution is 0.945. The third kappa shape index (κ3) is 2.64. The van der Waals surface area contributed by atoms with Gasteiger partial charge in [-0.15, -0.1) is 0 Å². The van der Waals surface area contributed by atoms with E-state index >= 15 is 0 Å². The monoisotopic (exact) mass is 130 g/mol. The first-order chi connectivity index (χ1) is 3.85. The molecule has 0 amide bonds. The van der Waals surface area contributed by atoms with E-state index in [0.29, 0.717) is 4.91 Å². The molecule has 44 valence electrons. The Bertz CT molecular complexity index is 116. The van der Waals surface area contributed by atoms with Crippen molar-refractivity contribution in [1.82, 2.24) is 0 Å². The van der Waals surface area contributed by atoms with Gasteiger partial charge in [-0.3, -0.25) is 0 Å². The molecule has 0 saturated heterocycles. The third-order valence-corrected chi connectivity index (χ3v) is 1.05. The summed E-state index contributed by atoms with van der Waals surface area (Å²) in [6, 6.07) is 0. The summed E-state index contributed by atoms with van der Waals surface area (Å²) in [5, 5.41) is 0. The van der Waals surface area contributed by atoms with Crippen LogP contribution in [0.3, 0.4) is 0 Å². The Morgan fingerprint density at radius 3 is 2.25 bits per heavy atom. The molecule has 0 bridgehead atoms. The Morgan fingerprint density at radius 1 is 1.50 bits per heavy atom. The van der Waals surface area contributed by atoms with Crippen LogP contribution in [0.1, 0.15) is 0 Å². The summed E-state index contributed by atoms with van der Waals surface area (Å²) < 4.78 is 11.6. The van der Waals surface area contributed by atoms with E-state index in [9.17, 15) is 3.89 Å². The summed E-state index contributed by atoms with van der Waals surface area (Å²) in [5.74, 6) is 0. The van der Waals surface area contributed by atoms with E-state index in [0.717, 1.165) is 0 Å². The molecule has 0 aliphatic carbocycles. The van der Waals surface area contributed by atoms with Crippen LogP contribution in [0.4, 0.5) is 3.89 Å². The minimum absolute atomic E-state index is 0.166. The molecule has 0 aromatic heterocycles. The highest BCUT2D eigenvalue weighted by Crippen LogP contribution is 2.16. The maximum Gasteiger partial charge on any atom is 0.0811 e. The van der Waals surface area contributed by atoms with Crippen LogP contribution in [0.25, 0.3) is 0 Å². The first-order valence-electron chi connectivity index (χ1n) is 2.09. The normalized spacial score (nSPS) is 10.9. The van der Waals surface area contributed by atoms with Gasteiger partial charge in [0, 0.05) is 4.91 Å². The highest BCUT2D eigenvalue weighted by Gasteiger charge is 1.84. The van der Waals surface area contributed by atoms with Crippen molar-refractivity contribution in [2.45, 2.75) is 0 Å². The molecule has 0 unspecified atom stereocenters. The summed E-state index contributed by atoms with van der Waals surface area (Å²) in [5.41, 5.74) is 0. The van der Waals surface area contributed by atoms with Gasteiger partial charge in [0.2, 0.25) is 0 Å². The van der Waals surface area contributed by atoms with Gasteiger partial charge in [0.1, 0.15) is 0 Å². The molecule has 0 spiro atoms. The van der Waals surface area contributed by atoms with Crippen LogP contribution in [0.2, 0.25) is 0 Å². The molecule has 0 saturated carbocycles. The second kappa shape index (κ2) is 4.65. The fraction of sp³-hybridized carbons (Fsp3) is 0. The summed E-state index contributed by atoms with van der Waals surface area (Å²) in [6.45, 7) is 6.77. The standard InChI is InChI=1S/C6H7FS/c1-3-5-6(4-2)8-7/h3-5H,1-2H2/b6-5+. The Labute approximate surface area is 53.1 Å². The molecule has 0 aliphatic rings. The summed E-state index contributed by atoms with van der Waals surface area (Å²) in [7, 11) is 0. The molecule has 0 N–H and O–H groups in total. The van der Waals surface area contributed by atoms with Gasteiger partial charge in [0.25, 0.3) is 0 Å². The van der Waals surface area contributed by atoms with Crippen molar-refractivity contribution in [2.75, 3.05) is 0 Å². The fourth-order valence-electron chi connectivity index (χ4n) is 0.241. The van der Waals surface area contributed by atoms with Gasteiger partial charge in [-0.25, -0.2) is 0 Å². The predicted octanol–water partition coefficient (Wildman–Crippen LogP) is 2.86. The zero-order valence-electron chi connectivity index (χ0n) is 4.43. The molecule has 0 heterocycles. The van der Waals surface area contributed by atoms with E-state index in [1.807, 2.05) is 0 Å². The maximum absolute atomic E-state index is 11.6. The lowest BCUT2D eigenvalue weighted by Gasteiger charge is -1.83. The zero-order chi connectivity index (χ0) is 6.41. The highest BCUT2D eigenvalue weighted by atomic mass is 32.2. The van der Waals surface area contributed by atoms with Crippen LogP contribution < -0.4 is 0 Å². The predicted molar refractivity (Wildman–Crippen MR) is 37.2 cm³/mol. The van der Waals surface area contributed by atoms with Crippen molar-refractivity contribution in [3.8, 4) is 0 Å². The molecular weight excluding hydrogens is 123 g/mol. The minimum atomic E-state index is 0.166. The van der Waals surface area contributed by atoms with E-state index < -0.39 is 0 Å². The molecule has 0 rings (SSSR count). The maximum atomic E-state index is 11.6. The van der Waals surface area contributed by atoms with E-state index in [1.165, 1.54) is 12.2 Å². The Kier molecular flexibility index (Phi) is 4.36. The van der Waals surface area contributed by atoms with Crippen molar-refractivity contribution in [3.63, 3.8) is 0 Å². The van der Waals surface area contributed by atoms with Crippen molar-refractivity contribution in [3.05, 3.63) is 36.3 Å². The Morgan fingerprint density at radius 2 is 2.12 bits per heavy atom. The topological polar surface area (TPSA) is 0 Å².